The number of hydrogen-bond acceptors (Lipinski definition) is 4. The number of carbonyl (C=O) groups is 1. The highest BCUT2D eigenvalue weighted by molar-refractivity contribution is 5.94. The van der Waals surface area contributed by atoms with E-state index in [0.29, 0.717) is 24.8 Å². The van der Waals surface area contributed by atoms with Crippen molar-refractivity contribution < 1.29 is 20.0 Å². The Labute approximate surface area is 114 Å². The predicted octanol–water partition coefficient (Wildman–Crippen LogP) is 2.88. The summed E-state index contributed by atoms with van der Waals surface area (Å²) < 4.78 is 0. The fourth-order valence-electron chi connectivity index (χ4n) is 2.53. The van der Waals surface area contributed by atoms with Crippen LogP contribution in [0.1, 0.15) is 46.5 Å². The molecule has 0 heterocycles. The second-order valence-corrected chi connectivity index (χ2v) is 5.82. The van der Waals surface area contributed by atoms with Crippen molar-refractivity contribution in [1.82, 2.24) is 0 Å². The first kappa shape index (κ1) is 16.1. The van der Waals surface area contributed by atoms with Crippen LogP contribution in [0.2, 0.25) is 0 Å². The molecule has 4 nitrogen and oxygen atoms in total. The largest absolute Gasteiger partial charge is 0.389 e. The molecule has 0 aromatic carbocycles. The summed E-state index contributed by atoms with van der Waals surface area (Å²) in [5.41, 5.74) is 0.681. The van der Waals surface area contributed by atoms with Crippen LogP contribution < -0.4 is 0 Å². The number of hydrogen-bond donors (Lipinski definition) is 2. The van der Waals surface area contributed by atoms with Crippen molar-refractivity contribution in [3.8, 4) is 0 Å². The normalized spacial score (nSPS) is 24.6. The molecule has 0 unspecified atom stereocenters. The molecule has 108 valence electrons. The summed E-state index contributed by atoms with van der Waals surface area (Å²) >= 11 is 0. The Hall–Kier alpha value is -0.970. The molecule has 3 atom stereocenters. The molecule has 0 saturated carbocycles. The van der Waals surface area contributed by atoms with Gasteiger partial charge in [0, 0.05) is 0 Å². The van der Waals surface area contributed by atoms with Crippen LogP contribution in [0.5, 0.6) is 0 Å². The lowest BCUT2D eigenvalue weighted by Gasteiger charge is -2.34. The number of aliphatic hydroxyl groups is 1. The number of ketones is 1. The molecule has 1 aliphatic carbocycles. The van der Waals surface area contributed by atoms with Gasteiger partial charge in [-0.1, -0.05) is 12.2 Å². The highest BCUT2D eigenvalue weighted by atomic mass is 17.1. The van der Waals surface area contributed by atoms with Crippen LogP contribution in [-0.4, -0.2) is 27.9 Å². The van der Waals surface area contributed by atoms with Crippen LogP contribution in [0.15, 0.2) is 23.8 Å². The molecule has 2 N–H and O–H groups in total. The summed E-state index contributed by atoms with van der Waals surface area (Å²) in [7, 11) is 0. The van der Waals surface area contributed by atoms with Crippen molar-refractivity contribution in [2.45, 2.75) is 58.2 Å². The zero-order valence-corrected chi connectivity index (χ0v) is 12.0. The van der Waals surface area contributed by atoms with Crippen LogP contribution in [0.4, 0.5) is 0 Å². The average Bonchev–Trinajstić information content (AvgIpc) is 2.28. The van der Waals surface area contributed by atoms with Crippen LogP contribution in [-0.2, 0) is 9.68 Å². The summed E-state index contributed by atoms with van der Waals surface area (Å²) in [4.78, 5) is 16.3. The molecule has 0 aromatic heterocycles. The molecule has 0 fully saturated rings. The maximum absolute atomic E-state index is 12.0. The van der Waals surface area contributed by atoms with Gasteiger partial charge in [0.1, 0.15) is 6.10 Å². The molecule has 1 aliphatic rings. The summed E-state index contributed by atoms with van der Waals surface area (Å²) in [5.74, 6) is -0.383. The smallest absolute Gasteiger partial charge is 0.161 e. The fraction of sp³-hybridized carbons (Fsp3) is 0.667. The quantitative estimate of drug-likeness (QED) is 0.441. The highest BCUT2D eigenvalue weighted by Crippen LogP contribution is 2.33. The Kier molecular flexibility index (Phi) is 5.47. The summed E-state index contributed by atoms with van der Waals surface area (Å²) in [5, 5.41) is 19.3. The van der Waals surface area contributed by atoms with Crippen LogP contribution >= 0.6 is 0 Å². The van der Waals surface area contributed by atoms with E-state index in [9.17, 15) is 9.90 Å². The fourth-order valence-corrected chi connectivity index (χ4v) is 2.53. The van der Waals surface area contributed by atoms with Crippen molar-refractivity contribution in [2.75, 3.05) is 0 Å². The lowest BCUT2D eigenvalue weighted by atomic mass is 9.75. The standard InChI is InChI=1S/C15H24O4/c1-10(2)14(19-18)7-8-15(4,17)12-6-5-11(3)9-13(12)16/h9,12,14,17-18H,1,5-8H2,2-4H3/t12-,14+,15+/m1/s1. The molecule has 1 rings (SSSR count). The molecule has 0 spiro atoms. The van der Waals surface area contributed by atoms with Gasteiger partial charge in [-0.2, -0.15) is 0 Å². The van der Waals surface area contributed by atoms with Crippen LogP contribution in [0.3, 0.4) is 0 Å². The van der Waals surface area contributed by atoms with Crippen molar-refractivity contribution >= 4 is 5.78 Å². The summed E-state index contributed by atoms with van der Waals surface area (Å²) in [6.45, 7) is 9.09. The Bertz CT molecular complexity index is 382. The van der Waals surface area contributed by atoms with E-state index in [4.69, 9.17) is 5.26 Å². The van der Waals surface area contributed by atoms with Gasteiger partial charge < -0.3 is 5.11 Å². The van der Waals surface area contributed by atoms with E-state index in [-0.39, 0.29) is 11.7 Å². The lowest BCUT2D eigenvalue weighted by Crippen LogP contribution is -2.41. The van der Waals surface area contributed by atoms with Crippen molar-refractivity contribution in [2.24, 2.45) is 5.92 Å². The van der Waals surface area contributed by atoms with E-state index in [1.807, 2.05) is 6.92 Å². The topological polar surface area (TPSA) is 66.8 Å². The van der Waals surface area contributed by atoms with Gasteiger partial charge in [-0.05, 0) is 58.1 Å². The van der Waals surface area contributed by atoms with Gasteiger partial charge in [0.25, 0.3) is 0 Å². The third kappa shape index (κ3) is 4.27. The monoisotopic (exact) mass is 268 g/mol. The maximum atomic E-state index is 12.0. The molecule has 0 aromatic rings. The highest BCUT2D eigenvalue weighted by Gasteiger charge is 2.37. The minimum absolute atomic E-state index is 0.00876. The Morgan fingerprint density at radius 2 is 2.32 bits per heavy atom. The first-order valence-electron chi connectivity index (χ1n) is 6.67. The third-order valence-corrected chi connectivity index (χ3v) is 3.90. The Morgan fingerprint density at radius 1 is 1.68 bits per heavy atom. The predicted molar refractivity (Wildman–Crippen MR) is 73.7 cm³/mol. The van der Waals surface area contributed by atoms with E-state index in [2.05, 4.69) is 11.5 Å². The minimum atomic E-state index is -1.08. The molecule has 0 amide bonds. The van der Waals surface area contributed by atoms with Gasteiger partial charge in [0.05, 0.1) is 11.5 Å². The Morgan fingerprint density at radius 3 is 2.79 bits per heavy atom. The first-order chi connectivity index (χ1) is 8.77. The molecule has 19 heavy (non-hydrogen) atoms. The minimum Gasteiger partial charge on any atom is -0.389 e. The van der Waals surface area contributed by atoms with Crippen LogP contribution in [0.25, 0.3) is 0 Å². The third-order valence-electron chi connectivity index (χ3n) is 3.90. The van der Waals surface area contributed by atoms with Gasteiger partial charge in [0.15, 0.2) is 5.78 Å². The molecule has 0 radical (unpaired) electrons. The van der Waals surface area contributed by atoms with Crippen molar-refractivity contribution in [3.63, 3.8) is 0 Å². The number of rotatable bonds is 6. The van der Waals surface area contributed by atoms with E-state index in [0.717, 1.165) is 12.0 Å². The van der Waals surface area contributed by atoms with Gasteiger partial charge in [-0.3, -0.25) is 10.1 Å². The zero-order chi connectivity index (χ0) is 14.6. The van der Waals surface area contributed by atoms with Gasteiger partial charge in [0.2, 0.25) is 0 Å². The SMILES string of the molecule is C=C(C)[C@H](CC[C@](C)(O)[C@@H]1CCC(C)=CC1=O)OO. The molecular formula is C15H24O4. The van der Waals surface area contributed by atoms with Gasteiger partial charge in [-0.15, -0.1) is 0 Å². The maximum Gasteiger partial charge on any atom is 0.161 e. The van der Waals surface area contributed by atoms with E-state index in [1.54, 1.807) is 19.9 Å². The number of carbonyl (C=O) groups excluding carboxylic acids is 1. The second-order valence-electron chi connectivity index (χ2n) is 5.82. The summed E-state index contributed by atoms with van der Waals surface area (Å²) in [6, 6.07) is 0. The van der Waals surface area contributed by atoms with Crippen molar-refractivity contribution in [3.05, 3.63) is 23.8 Å². The van der Waals surface area contributed by atoms with E-state index in [1.165, 1.54) is 0 Å². The molecule has 0 aliphatic heterocycles. The van der Waals surface area contributed by atoms with E-state index < -0.39 is 11.7 Å². The van der Waals surface area contributed by atoms with Gasteiger partial charge in [-0.25, -0.2) is 4.89 Å². The molecule has 0 bridgehead atoms. The summed E-state index contributed by atoms with van der Waals surface area (Å²) in [6.07, 6.45) is 3.46. The van der Waals surface area contributed by atoms with Crippen LogP contribution in [0, 0.1) is 5.92 Å². The zero-order valence-electron chi connectivity index (χ0n) is 12.0. The second kappa shape index (κ2) is 6.46. The lowest BCUT2D eigenvalue weighted by molar-refractivity contribution is -0.271. The first-order valence-corrected chi connectivity index (χ1v) is 6.67. The molecular weight excluding hydrogens is 244 g/mol. The van der Waals surface area contributed by atoms with E-state index >= 15 is 0 Å². The van der Waals surface area contributed by atoms with Gasteiger partial charge >= 0.3 is 0 Å². The Balaban J connectivity index is 2.66. The molecule has 0 saturated heterocycles. The number of allylic oxidation sites excluding steroid dienone is 2. The average molecular weight is 268 g/mol. The molecule has 4 heteroatoms. The van der Waals surface area contributed by atoms with Crippen molar-refractivity contribution in [1.29, 1.82) is 0 Å².